The van der Waals surface area contributed by atoms with Crippen molar-refractivity contribution in [2.45, 2.75) is 6.61 Å². The third-order valence-electron chi connectivity index (χ3n) is 2.22. The summed E-state index contributed by atoms with van der Waals surface area (Å²) in [5.74, 6) is -0.710. The molecule has 1 N–H and O–H groups in total. The molecule has 8 heteroatoms. The van der Waals surface area contributed by atoms with E-state index in [0.717, 1.165) is 0 Å². The maximum Gasteiger partial charge on any atom is 0.387 e. The Morgan fingerprint density at radius 2 is 2.05 bits per heavy atom. The lowest BCUT2D eigenvalue weighted by Gasteiger charge is -2.10. The average molecular weight is 300 g/mol. The Labute approximate surface area is 117 Å². The molecule has 0 atom stereocenters. The van der Waals surface area contributed by atoms with Crippen molar-refractivity contribution in [3.05, 3.63) is 47.4 Å². The van der Waals surface area contributed by atoms with E-state index in [1.807, 2.05) is 0 Å². The zero-order chi connectivity index (χ0) is 14.5. The van der Waals surface area contributed by atoms with Crippen molar-refractivity contribution in [1.29, 1.82) is 0 Å². The second kappa shape index (κ2) is 6.25. The van der Waals surface area contributed by atoms with Gasteiger partial charge >= 0.3 is 6.61 Å². The van der Waals surface area contributed by atoms with Crippen molar-refractivity contribution in [2.75, 3.05) is 5.32 Å². The second-order valence-electron chi connectivity index (χ2n) is 3.55. The van der Waals surface area contributed by atoms with Gasteiger partial charge in [-0.15, -0.1) is 0 Å². The van der Waals surface area contributed by atoms with Crippen molar-refractivity contribution in [3.8, 4) is 5.75 Å². The predicted octanol–water partition coefficient (Wildman–Crippen LogP) is 2.98. The molecule has 1 heterocycles. The average Bonchev–Trinajstić information content (AvgIpc) is 2.38. The van der Waals surface area contributed by atoms with Crippen LogP contribution in [0.3, 0.4) is 0 Å². The first kappa shape index (κ1) is 14.1. The number of carbonyl (C=O) groups is 1. The van der Waals surface area contributed by atoms with E-state index in [-0.39, 0.29) is 22.3 Å². The smallest absolute Gasteiger partial charge is 0.387 e. The summed E-state index contributed by atoms with van der Waals surface area (Å²) in [5.41, 5.74) is -0.0393. The summed E-state index contributed by atoms with van der Waals surface area (Å²) >= 11 is 5.65. The van der Waals surface area contributed by atoms with Gasteiger partial charge in [-0.05, 0) is 12.1 Å². The van der Waals surface area contributed by atoms with E-state index < -0.39 is 12.5 Å². The molecule has 0 unspecified atom stereocenters. The lowest BCUT2D eigenvalue weighted by molar-refractivity contribution is -0.0501. The van der Waals surface area contributed by atoms with Gasteiger partial charge in [0.1, 0.15) is 23.0 Å². The number of carbonyl (C=O) groups excluding carboxylic acids is 1. The normalized spacial score (nSPS) is 10.4. The monoisotopic (exact) mass is 299 g/mol. The van der Waals surface area contributed by atoms with Crippen LogP contribution in [0.1, 0.15) is 10.4 Å². The van der Waals surface area contributed by atoms with Crippen LogP contribution in [0.4, 0.5) is 14.6 Å². The van der Waals surface area contributed by atoms with Gasteiger partial charge in [0.2, 0.25) is 0 Å². The summed E-state index contributed by atoms with van der Waals surface area (Å²) in [5, 5.41) is 2.56. The van der Waals surface area contributed by atoms with Gasteiger partial charge in [-0.25, -0.2) is 9.97 Å². The predicted molar refractivity (Wildman–Crippen MR) is 68.1 cm³/mol. The quantitative estimate of drug-likeness (QED) is 0.882. The maximum atomic E-state index is 12.3. The van der Waals surface area contributed by atoms with Crippen LogP contribution in [0.5, 0.6) is 5.75 Å². The number of halogens is 3. The highest BCUT2D eigenvalue weighted by Gasteiger charge is 2.15. The Kier molecular flexibility index (Phi) is 4.41. The van der Waals surface area contributed by atoms with E-state index in [1.165, 1.54) is 36.7 Å². The summed E-state index contributed by atoms with van der Waals surface area (Å²) in [7, 11) is 0. The molecule has 2 rings (SSSR count). The first-order valence-corrected chi connectivity index (χ1v) is 5.77. The number of alkyl halides is 2. The molecule has 1 amide bonds. The molecule has 0 radical (unpaired) electrons. The van der Waals surface area contributed by atoms with Gasteiger partial charge in [-0.2, -0.15) is 8.78 Å². The molecule has 0 aliphatic heterocycles. The molecule has 5 nitrogen and oxygen atoms in total. The topological polar surface area (TPSA) is 64.1 Å². The molecular formula is C12H8ClF2N3O2. The van der Waals surface area contributed by atoms with Gasteiger partial charge in [-0.1, -0.05) is 23.7 Å². The lowest BCUT2D eigenvalue weighted by Crippen LogP contribution is -2.15. The fourth-order valence-corrected chi connectivity index (χ4v) is 1.59. The molecule has 20 heavy (non-hydrogen) atoms. The molecule has 0 aliphatic carbocycles. The number of anilines is 1. The van der Waals surface area contributed by atoms with Crippen molar-refractivity contribution in [1.82, 2.24) is 9.97 Å². The van der Waals surface area contributed by atoms with Crippen molar-refractivity contribution in [3.63, 3.8) is 0 Å². The Morgan fingerprint density at radius 1 is 1.30 bits per heavy atom. The first-order chi connectivity index (χ1) is 9.56. The van der Waals surface area contributed by atoms with Crippen LogP contribution in [0.25, 0.3) is 0 Å². The van der Waals surface area contributed by atoms with Gasteiger partial charge in [0.05, 0.1) is 5.56 Å². The summed E-state index contributed by atoms with van der Waals surface area (Å²) in [6, 6.07) is 6.97. The number of rotatable bonds is 4. The highest BCUT2D eigenvalue weighted by Crippen LogP contribution is 2.21. The van der Waals surface area contributed by atoms with E-state index in [1.54, 1.807) is 0 Å². The van der Waals surface area contributed by atoms with Crippen LogP contribution in [0.15, 0.2) is 36.7 Å². The van der Waals surface area contributed by atoms with Gasteiger partial charge in [0.25, 0.3) is 5.91 Å². The number of para-hydroxylation sites is 1. The van der Waals surface area contributed by atoms with Crippen molar-refractivity contribution < 1.29 is 18.3 Å². The fraction of sp³-hybridized carbons (Fsp3) is 0.0833. The molecule has 2 aromatic rings. The molecule has 1 aromatic carbocycles. The molecule has 0 saturated heterocycles. The lowest BCUT2D eigenvalue weighted by atomic mass is 10.2. The molecule has 0 aliphatic rings. The number of hydrogen-bond acceptors (Lipinski definition) is 4. The van der Waals surface area contributed by atoms with Crippen molar-refractivity contribution >= 4 is 23.3 Å². The van der Waals surface area contributed by atoms with Gasteiger partial charge in [-0.3, -0.25) is 4.79 Å². The Hall–Kier alpha value is -2.28. The van der Waals surface area contributed by atoms with E-state index >= 15 is 0 Å². The van der Waals surface area contributed by atoms with Crippen LogP contribution in [-0.4, -0.2) is 22.5 Å². The van der Waals surface area contributed by atoms with Gasteiger partial charge < -0.3 is 10.1 Å². The number of hydrogen-bond donors (Lipinski definition) is 1. The largest absolute Gasteiger partial charge is 0.434 e. The Morgan fingerprint density at radius 3 is 2.75 bits per heavy atom. The summed E-state index contributed by atoms with van der Waals surface area (Å²) in [4.78, 5) is 19.4. The minimum atomic E-state index is -3.02. The van der Waals surface area contributed by atoms with Gasteiger partial charge in [0, 0.05) is 6.07 Å². The number of nitrogens with zero attached hydrogens (tertiary/aromatic N) is 2. The standard InChI is InChI=1S/C12H8ClF2N3O2/c13-9-5-10(17-6-16-9)18-11(19)7-3-1-2-4-8(7)20-12(14)15/h1-6,12H,(H,16,17,18,19). The van der Waals surface area contributed by atoms with Crippen LogP contribution in [0, 0.1) is 0 Å². The third-order valence-corrected chi connectivity index (χ3v) is 2.43. The SMILES string of the molecule is O=C(Nc1cc(Cl)ncn1)c1ccccc1OC(F)F. The van der Waals surface area contributed by atoms with E-state index in [2.05, 4.69) is 20.0 Å². The van der Waals surface area contributed by atoms with Crippen molar-refractivity contribution in [2.24, 2.45) is 0 Å². The van der Waals surface area contributed by atoms with E-state index in [4.69, 9.17) is 11.6 Å². The number of aromatic nitrogens is 2. The second-order valence-corrected chi connectivity index (χ2v) is 3.94. The minimum Gasteiger partial charge on any atom is -0.434 e. The number of nitrogens with one attached hydrogen (secondary N) is 1. The minimum absolute atomic E-state index is 0.0393. The van der Waals surface area contributed by atoms with Crippen LogP contribution in [0.2, 0.25) is 5.15 Å². The molecule has 0 spiro atoms. The number of amides is 1. The third kappa shape index (κ3) is 3.61. The number of ether oxygens (including phenoxy) is 1. The fourth-order valence-electron chi connectivity index (χ4n) is 1.44. The highest BCUT2D eigenvalue weighted by atomic mass is 35.5. The molecular weight excluding hydrogens is 292 g/mol. The van der Waals surface area contributed by atoms with Gasteiger partial charge in [0.15, 0.2) is 0 Å². The first-order valence-electron chi connectivity index (χ1n) is 5.39. The summed E-state index contributed by atoms with van der Waals surface area (Å²) in [6.45, 7) is -3.02. The molecule has 104 valence electrons. The van der Waals surface area contributed by atoms with E-state index in [9.17, 15) is 13.6 Å². The molecule has 1 aromatic heterocycles. The zero-order valence-corrected chi connectivity index (χ0v) is 10.6. The van der Waals surface area contributed by atoms with E-state index in [0.29, 0.717) is 0 Å². The Bertz CT molecular complexity index is 625. The maximum absolute atomic E-state index is 12.3. The van der Waals surface area contributed by atoms with Crippen LogP contribution >= 0.6 is 11.6 Å². The molecule has 0 fully saturated rings. The number of benzene rings is 1. The zero-order valence-electron chi connectivity index (χ0n) is 9.89. The highest BCUT2D eigenvalue weighted by molar-refractivity contribution is 6.29. The molecule has 0 bridgehead atoms. The van der Waals surface area contributed by atoms with Crippen LogP contribution in [-0.2, 0) is 0 Å². The summed E-state index contributed by atoms with van der Waals surface area (Å²) < 4.78 is 28.8. The summed E-state index contributed by atoms with van der Waals surface area (Å²) in [6.07, 6.45) is 1.17. The molecule has 0 saturated carbocycles. The van der Waals surface area contributed by atoms with Crippen LogP contribution < -0.4 is 10.1 Å². The Balaban J connectivity index is 2.21.